The van der Waals surface area contributed by atoms with E-state index >= 15 is 0 Å². The molecule has 12 heavy (non-hydrogen) atoms. The highest BCUT2D eigenvalue weighted by Gasteiger charge is 2.28. The maximum atomic E-state index is 11.6. The molecule has 74 valence electrons. The Morgan fingerprint density at radius 1 is 1.42 bits per heavy atom. The van der Waals surface area contributed by atoms with Crippen LogP contribution in [0.2, 0.25) is 0 Å². The molecule has 0 radical (unpaired) electrons. The van der Waals surface area contributed by atoms with Crippen molar-refractivity contribution in [1.29, 1.82) is 0 Å². The molecule has 0 fully saturated rings. The molecular weight excluding hydrogens is 209 g/mol. The van der Waals surface area contributed by atoms with E-state index in [2.05, 4.69) is 0 Å². The van der Waals surface area contributed by atoms with E-state index in [1.807, 2.05) is 6.92 Å². The maximum Gasteiger partial charge on any atom is 0.441 e. The zero-order valence-corrected chi connectivity index (χ0v) is 8.40. The molecule has 0 aromatic heterocycles. The van der Waals surface area contributed by atoms with Gasteiger partial charge in [0.25, 0.3) is 0 Å². The summed E-state index contributed by atoms with van der Waals surface area (Å²) in [5.74, 6) is -0.0367. The lowest BCUT2D eigenvalue weighted by molar-refractivity contribution is -0.0327. The first kappa shape index (κ1) is 12.4. The number of alkyl halides is 4. The number of halogens is 4. The summed E-state index contributed by atoms with van der Waals surface area (Å²) in [4.78, 5) is 0. The Bertz CT molecular complexity index is 116. The van der Waals surface area contributed by atoms with Gasteiger partial charge in [-0.2, -0.15) is 13.2 Å². The van der Waals surface area contributed by atoms with Crippen LogP contribution in [0.5, 0.6) is 0 Å². The fourth-order valence-electron chi connectivity index (χ4n) is 0.694. The summed E-state index contributed by atoms with van der Waals surface area (Å²) in [6.45, 7) is 1.99. The van der Waals surface area contributed by atoms with Crippen molar-refractivity contribution in [3.8, 4) is 0 Å². The van der Waals surface area contributed by atoms with E-state index in [1.165, 1.54) is 0 Å². The zero-order valence-electron chi connectivity index (χ0n) is 6.83. The predicted octanol–water partition coefficient (Wildman–Crippen LogP) is 4.04. The summed E-state index contributed by atoms with van der Waals surface area (Å²) < 4.78 is 34.9. The lowest BCUT2D eigenvalue weighted by atomic mass is 10.2. The number of rotatable bonds is 5. The molecule has 0 aromatic rings. The van der Waals surface area contributed by atoms with Gasteiger partial charge < -0.3 is 0 Å². The van der Waals surface area contributed by atoms with Crippen molar-refractivity contribution in [2.24, 2.45) is 0 Å². The minimum atomic E-state index is -4.14. The first-order valence-electron chi connectivity index (χ1n) is 3.80. The van der Waals surface area contributed by atoms with Crippen molar-refractivity contribution in [1.82, 2.24) is 0 Å². The van der Waals surface area contributed by atoms with E-state index in [0.29, 0.717) is 6.42 Å². The minimum Gasteiger partial charge on any atom is -0.160 e. The Balaban J connectivity index is 3.37. The monoisotopic (exact) mass is 220 g/mol. The van der Waals surface area contributed by atoms with Crippen LogP contribution in [0.15, 0.2) is 0 Å². The molecule has 0 spiro atoms. The number of unbranched alkanes of at least 4 members (excludes halogenated alkanes) is 1. The molecule has 0 saturated carbocycles. The smallest absolute Gasteiger partial charge is 0.160 e. The zero-order chi connectivity index (χ0) is 9.61. The summed E-state index contributed by atoms with van der Waals surface area (Å²) in [6.07, 6.45) is 2.54. The van der Waals surface area contributed by atoms with Crippen LogP contribution in [0, 0.1) is 0 Å². The lowest BCUT2D eigenvalue weighted by Gasteiger charge is -2.09. The van der Waals surface area contributed by atoms with Crippen molar-refractivity contribution < 1.29 is 13.2 Å². The highest BCUT2D eigenvalue weighted by molar-refractivity contribution is 8.00. The summed E-state index contributed by atoms with van der Waals surface area (Å²) in [6, 6.07) is 0. The second-order valence-electron chi connectivity index (χ2n) is 2.50. The molecule has 0 nitrogen and oxygen atoms in total. The average molecular weight is 221 g/mol. The van der Waals surface area contributed by atoms with Gasteiger partial charge in [-0.15, -0.1) is 11.6 Å². The third-order valence-electron chi connectivity index (χ3n) is 1.30. The lowest BCUT2D eigenvalue weighted by Crippen LogP contribution is -2.09. The average Bonchev–Trinajstić information content (AvgIpc) is 1.95. The second-order valence-corrected chi connectivity index (χ2v) is 4.20. The molecule has 0 heterocycles. The molecule has 0 aliphatic heterocycles. The third-order valence-corrected chi connectivity index (χ3v) is 2.75. The quantitative estimate of drug-likeness (QED) is 0.631. The SMILES string of the molecule is CCCCC(Cl)CSC(F)(F)F. The highest BCUT2D eigenvalue weighted by Crippen LogP contribution is 2.32. The summed E-state index contributed by atoms with van der Waals surface area (Å²) >= 11 is 5.60. The number of hydrogen-bond acceptors (Lipinski definition) is 1. The van der Waals surface area contributed by atoms with Crippen molar-refractivity contribution in [2.75, 3.05) is 5.75 Å². The van der Waals surface area contributed by atoms with E-state index in [4.69, 9.17) is 11.6 Å². The molecule has 0 aromatic carbocycles. The van der Waals surface area contributed by atoms with Crippen LogP contribution in [-0.2, 0) is 0 Å². The van der Waals surface area contributed by atoms with Crippen molar-refractivity contribution in [3.05, 3.63) is 0 Å². The predicted molar refractivity (Wildman–Crippen MR) is 47.7 cm³/mol. The molecule has 0 aliphatic carbocycles. The maximum absolute atomic E-state index is 11.6. The summed E-state index contributed by atoms with van der Waals surface area (Å²) in [5, 5.41) is -0.350. The normalized spacial score (nSPS) is 14.8. The summed E-state index contributed by atoms with van der Waals surface area (Å²) in [5.41, 5.74) is -4.14. The van der Waals surface area contributed by atoms with Gasteiger partial charge in [0, 0.05) is 11.1 Å². The summed E-state index contributed by atoms with van der Waals surface area (Å²) in [7, 11) is 0. The second kappa shape index (κ2) is 5.97. The molecule has 0 aliphatic rings. The van der Waals surface area contributed by atoms with Crippen molar-refractivity contribution >= 4 is 23.4 Å². The van der Waals surface area contributed by atoms with Gasteiger partial charge in [0.2, 0.25) is 0 Å². The van der Waals surface area contributed by atoms with Crippen LogP contribution in [0.3, 0.4) is 0 Å². The highest BCUT2D eigenvalue weighted by atomic mass is 35.5. The van der Waals surface area contributed by atoms with Gasteiger partial charge in [-0.05, 0) is 18.2 Å². The minimum absolute atomic E-state index is 0.0367. The van der Waals surface area contributed by atoms with Crippen LogP contribution in [-0.4, -0.2) is 16.6 Å². The van der Waals surface area contributed by atoms with Gasteiger partial charge in [0.15, 0.2) is 0 Å². The van der Waals surface area contributed by atoms with E-state index in [-0.39, 0.29) is 22.9 Å². The fraction of sp³-hybridized carbons (Fsp3) is 1.00. The number of thioether (sulfide) groups is 1. The van der Waals surface area contributed by atoms with Gasteiger partial charge in [-0.1, -0.05) is 19.8 Å². The topological polar surface area (TPSA) is 0 Å². The van der Waals surface area contributed by atoms with Gasteiger partial charge in [-0.25, -0.2) is 0 Å². The molecule has 0 saturated heterocycles. The van der Waals surface area contributed by atoms with Crippen LogP contribution < -0.4 is 0 Å². The van der Waals surface area contributed by atoms with Crippen LogP contribution in [0.1, 0.15) is 26.2 Å². The van der Waals surface area contributed by atoms with Gasteiger partial charge in [-0.3, -0.25) is 0 Å². The Hall–Kier alpha value is 0.430. The molecule has 0 rings (SSSR count). The van der Waals surface area contributed by atoms with Gasteiger partial charge in [0.1, 0.15) is 0 Å². The number of hydrogen-bond donors (Lipinski definition) is 0. The Kier molecular flexibility index (Phi) is 6.19. The van der Waals surface area contributed by atoms with Crippen LogP contribution in [0.4, 0.5) is 13.2 Å². The molecule has 0 amide bonds. The van der Waals surface area contributed by atoms with E-state index in [1.54, 1.807) is 0 Å². The van der Waals surface area contributed by atoms with Crippen molar-refractivity contribution in [2.45, 2.75) is 37.1 Å². The first-order valence-corrected chi connectivity index (χ1v) is 5.22. The van der Waals surface area contributed by atoms with Gasteiger partial charge in [0.05, 0.1) is 0 Å². The van der Waals surface area contributed by atoms with Crippen LogP contribution >= 0.6 is 23.4 Å². The molecule has 0 bridgehead atoms. The van der Waals surface area contributed by atoms with Crippen molar-refractivity contribution in [3.63, 3.8) is 0 Å². The third kappa shape index (κ3) is 8.53. The molecule has 0 N–H and O–H groups in total. The molecule has 5 heteroatoms. The molecular formula is C7H12ClF3S. The largest absolute Gasteiger partial charge is 0.441 e. The van der Waals surface area contributed by atoms with E-state index < -0.39 is 5.51 Å². The Morgan fingerprint density at radius 3 is 2.42 bits per heavy atom. The van der Waals surface area contributed by atoms with Gasteiger partial charge >= 0.3 is 5.51 Å². The first-order chi connectivity index (χ1) is 5.45. The Morgan fingerprint density at radius 2 is 2.00 bits per heavy atom. The molecule has 1 unspecified atom stereocenters. The Labute approximate surface area is 79.9 Å². The molecule has 1 atom stereocenters. The van der Waals surface area contributed by atoms with Crippen LogP contribution in [0.25, 0.3) is 0 Å². The van der Waals surface area contributed by atoms with E-state index in [0.717, 1.165) is 12.8 Å². The fourth-order valence-corrected chi connectivity index (χ4v) is 1.57. The standard InChI is InChI=1S/C7H12ClF3S/c1-2-3-4-6(8)5-12-7(9,10)11/h6H,2-5H2,1H3. The van der Waals surface area contributed by atoms with E-state index in [9.17, 15) is 13.2 Å².